The van der Waals surface area contributed by atoms with Crippen LogP contribution in [0.2, 0.25) is 0 Å². The fourth-order valence-electron chi connectivity index (χ4n) is 2.63. The van der Waals surface area contributed by atoms with Gasteiger partial charge >= 0.3 is 0 Å². The summed E-state index contributed by atoms with van der Waals surface area (Å²) in [4.78, 5) is 11.8. The molecular weight excluding hydrogens is 262 g/mol. The molecule has 1 aliphatic heterocycles. The van der Waals surface area contributed by atoms with Crippen LogP contribution in [-0.2, 0) is 10.8 Å². The SMILES string of the molecule is CC(C)(C)c1cc(N2CCC[C@@H]2CO)nc(C(C)(C)C)n1. The fourth-order valence-corrected chi connectivity index (χ4v) is 2.63. The van der Waals surface area contributed by atoms with Gasteiger partial charge in [-0.05, 0) is 12.8 Å². The van der Waals surface area contributed by atoms with Gasteiger partial charge < -0.3 is 10.0 Å². The highest BCUT2D eigenvalue weighted by Gasteiger charge is 2.29. The van der Waals surface area contributed by atoms with E-state index in [2.05, 4.69) is 52.5 Å². The lowest BCUT2D eigenvalue weighted by Gasteiger charge is -2.29. The van der Waals surface area contributed by atoms with E-state index < -0.39 is 0 Å². The van der Waals surface area contributed by atoms with Gasteiger partial charge in [0.25, 0.3) is 0 Å². The molecule has 1 fully saturated rings. The molecule has 1 saturated heterocycles. The quantitative estimate of drug-likeness (QED) is 0.910. The van der Waals surface area contributed by atoms with E-state index in [9.17, 15) is 5.11 Å². The van der Waals surface area contributed by atoms with E-state index in [4.69, 9.17) is 9.97 Å². The zero-order chi connectivity index (χ0) is 15.8. The van der Waals surface area contributed by atoms with Crippen LogP contribution in [0.4, 0.5) is 5.82 Å². The lowest BCUT2D eigenvalue weighted by atomic mass is 9.90. The number of aromatic nitrogens is 2. The maximum atomic E-state index is 9.57. The molecule has 0 bridgehead atoms. The highest BCUT2D eigenvalue weighted by Crippen LogP contribution is 2.31. The summed E-state index contributed by atoms with van der Waals surface area (Å²) >= 11 is 0. The number of nitrogens with zero attached hydrogens (tertiary/aromatic N) is 3. The van der Waals surface area contributed by atoms with Crippen LogP contribution in [0.5, 0.6) is 0 Å². The molecule has 0 aromatic carbocycles. The van der Waals surface area contributed by atoms with Gasteiger partial charge in [-0.3, -0.25) is 0 Å². The average Bonchev–Trinajstić information content (AvgIpc) is 2.84. The van der Waals surface area contributed by atoms with Crippen LogP contribution in [0.25, 0.3) is 0 Å². The van der Waals surface area contributed by atoms with Gasteiger partial charge in [-0.15, -0.1) is 0 Å². The van der Waals surface area contributed by atoms with Crippen LogP contribution in [-0.4, -0.2) is 34.3 Å². The minimum absolute atomic E-state index is 0.00781. The molecule has 0 amide bonds. The molecule has 1 N–H and O–H groups in total. The van der Waals surface area contributed by atoms with Crippen LogP contribution in [0.1, 0.15) is 65.9 Å². The van der Waals surface area contributed by atoms with Crippen molar-refractivity contribution in [2.75, 3.05) is 18.1 Å². The molecule has 4 nitrogen and oxygen atoms in total. The summed E-state index contributed by atoms with van der Waals surface area (Å²) in [5.74, 6) is 1.85. The minimum Gasteiger partial charge on any atom is -0.394 e. The Morgan fingerprint density at radius 3 is 2.33 bits per heavy atom. The molecule has 2 rings (SSSR count). The monoisotopic (exact) mass is 291 g/mol. The molecule has 0 saturated carbocycles. The van der Waals surface area contributed by atoms with Gasteiger partial charge in [0.2, 0.25) is 0 Å². The highest BCUT2D eigenvalue weighted by atomic mass is 16.3. The van der Waals surface area contributed by atoms with E-state index in [-0.39, 0.29) is 23.5 Å². The summed E-state index contributed by atoms with van der Waals surface area (Å²) in [6.07, 6.45) is 2.15. The third-order valence-corrected chi connectivity index (χ3v) is 4.03. The van der Waals surface area contributed by atoms with Gasteiger partial charge in [0.1, 0.15) is 11.6 Å². The normalized spacial score (nSPS) is 20.1. The fraction of sp³-hybridized carbons (Fsp3) is 0.765. The average molecular weight is 291 g/mol. The van der Waals surface area contributed by atoms with Crippen molar-refractivity contribution >= 4 is 5.82 Å². The summed E-state index contributed by atoms with van der Waals surface area (Å²) in [6, 6.07) is 2.30. The summed E-state index contributed by atoms with van der Waals surface area (Å²) in [6.45, 7) is 14.1. The van der Waals surface area contributed by atoms with Crippen molar-refractivity contribution in [3.05, 3.63) is 17.6 Å². The Hall–Kier alpha value is -1.16. The summed E-state index contributed by atoms with van der Waals surface area (Å²) in [5.41, 5.74) is 0.984. The van der Waals surface area contributed by atoms with E-state index in [1.54, 1.807) is 0 Å². The smallest absolute Gasteiger partial charge is 0.136 e. The van der Waals surface area contributed by atoms with Gasteiger partial charge in [-0.2, -0.15) is 0 Å². The molecular formula is C17H29N3O. The predicted octanol–water partition coefficient (Wildman–Crippen LogP) is 3.03. The van der Waals surface area contributed by atoms with Crippen molar-refractivity contribution < 1.29 is 5.11 Å². The molecule has 0 radical (unpaired) electrons. The topological polar surface area (TPSA) is 49.2 Å². The maximum absolute atomic E-state index is 9.57. The molecule has 21 heavy (non-hydrogen) atoms. The van der Waals surface area contributed by atoms with E-state index in [0.717, 1.165) is 36.7 Å². The lowest BCUT2D eigenvalue weighted by molar-refractivity contribution is 0.266. The summed E-state index contributed by atoms with van der Waals surface area (Å²) in [5, 5.41) is 9.57. The van der Waals surface area contributed by atoms with Gasteiger partial charge in [0.15, 0.2) is 0 Å². The Kier molecular flexibility index (Phi) is 4.29. The number of rotatable bonds is 2. The van der Waals surface area contributed by atoms with Crippen molar-refractivity contribution in [3.8, 4) is 0 Å². The van der Waals surface area contributed by atoms with E-state index in [0.29, 0.717) is 0 Å². The van der Waals surface area contributed by atoms with E-state index in [1.165, 1.54) is 0 Å². The Morgan fingerprint density at radius 1 is 1.14 bits per heavy atom. The molecule has 1 aromatic heterocycles. The zero-order valence-electron chi connectivity index (χ0n) is 14.3. The highest BCUT2D eigenvalue weighted by molar-refractivity contribution is 5.44. The molecule has 0 aliphatic carbocycles. The van der Waals surface area contributed by atoms with Crippen molar-refractivity contribution in [2.45, 2.75) is 71.3 Å². The molecule has 1 aliphatic rings. The molecule has 1 aromatic rings. The lowest BCUT2D eigenvalue weighted by Crippen LogP contribution is -2.34. The largest absolute Gasteiger partial charge is 0.394 e. The first-order valence-electron chi connectivity index (χ1n) is 7.90. The van der Waals surface area contributed by atoms with Crippen LogP contribution in [0.15, 0.2) is 6.07 Å². The summed E-state index contributed by atoms with van der Waals surface area (Å²) < 4.78 is 0. The predicted molar refractivity (Wildman–Crippen MR) is 86.9 cm³/mol. The maximum Gasteiger partial charge on any atom is 0.136 e. The van der Waals surface area contributed by atoms with Crippen molar-refractivity contribution in [3.63, 3.8) is 0 Å². The summed E-state index contributed by atoms with van der Waals surface area (Å²) in [7, 11) is 0. The molecule has 0 spiro atoms. The van der Waals surface area contributed by atoms with Gasteiger partial charge in [0, 0.05) is 23.4 Å². The first-order valence-corrected chi connectivity index (χ1v) is 7.90. The first-order chi connectivity index (χ1) is 9.63. The van der Waals surface area contributed by atoms with Crippen molar-refractivity contribution in [1.82, 2.24) is 9.97 Å². The van der Waals surface area contributed by atoms with Gasteiger partial charge in [-0.1, -0.05) is 41.5 Å². The standard InChI is InChI=1S/C17H29N3O/c1-16(2,3)13-10-14(19-15(18-13)17(4,5)6)20-9-7-8-12(20)11-21/h10,12,21H,7-9,11H2,1-6H3/t12-/m1/s1. The Morgan fingerprint density at radius 2 is 1.81 bits per heavy atom. The van der Waals surface area contributed by atoms with Crippen LogP contribution in [0.3, 0.4) is 0 Å². The Labute approximate surface area is 128 Å². The van der Waals surface area contributed by atoms with Gasteiger partial charge in [0.05, 0.1) is 18.3 Å². The zero-order valence-corrected chi connectivity index (χ0v) is 14.3. The van der Waals surface area contributed by atoms with E-state index >= 15 is 0 Å². The van der Waals surface area contributed by atoms with Gasteiger partial charge in [-0.25, -0.2) is 9.97 Å². The number of hydrogen-bond donors (Lipinski definition) is 1. The number of aliphatic hydroxyl groups excluding tert-OH is 1. The molecule has 2 heterocycles. The second-order valence-electron chi connectivity index (χ2n) is 8.11. The number of hydrogen-bond acceptors (Lipinski definition) is 4. The number of anilines is 1. The molecule has 1 atom stereocenters. The minimum atomic E-state index is -0.0789. The second-order valence-corrected chi connectivity index (χ2v) is 8.11. The van der Waals surface area contributed by atoms with E-state index in [1.807, 2.05) is 0 Å². The first kappa shape index (κ1) is 16.2. The van der Waals surface area contributed by atoms with Crippen molar-refractivity contribution in [1.29, 1.82) is 0 Å². The molecule has 118 valence electrons. The molecule has 4 heteroatoms. The Bertz CT molecular complexity index is 467. The van der Waals surface area contributed by atoms with Crippen LogP contribution >= 0.6 is 0 Å². The Balaban J connectivity index is 2.50. The number of aliphatic hydroxyl groups is 1. The molecule has 0 unspecified atom stereocenters. The third-order valence-electron chi connectivity index (χ3n) is 4.03. The van der Waals surface area contributed by atoms with Crippen LogP contribution in [0, 0.1) is 0 Å². The third kappa shape index (κ3) is 3.54. The van der Waals surface area contributed by atoms with Crippen molar-refractivity contribution in [2.24, 2.45) is 0 Å². The van der Waals surface area contributed by atoms with Crippen LogP contribution < -0.4 is 4.90 Å². The second kappa shape index (κ2) is 5.56.